The molecule has 0 bridgehead atoms. The van der Waals surface area contributed by atoms with Crippen molar-refractivity contribution < 1.29 is 24.2 Å². The van der Waals surface area contributed by atoms with Crippen LogP contribution in [0.4, 0.5) is 0 Å². The van der Waals surface area contributed by atoms with Gasteiger partial charge in [-0.05, 0) is 55.7 Å². The van der Waals surface area contributed by atoms with Crippen molar-refractivity contribution in [2.24, 2.45) is 0 Å². The van der Waals surface area contributed by atoms with Crippen LogP contribution < -0.4 is 9.47 Å². The largest absolute Gasteiger partial charge is 0.505 e. The van der Waals surface area contributed by atoms with Gasteiger partial charge in [0, 0.05) is 12.7 Å². The number of ether oxygens (including phenoxy) is 2. The predicted molar refractivity (Wildman–Crippen MR) is 152 cm³/mol. The Balaban J connectivity index is 1.68. The number of nitrogens with zero attached hydrogens (tertiary/aromatic N) is 3. The number of carbonyl (C=O) groups is 2. The quantitative estimate of drug-likeness (QED) is 0.118. The summed E-state index contributed by atoms with van der Waals surface area (Å²) in [5.41, 5.74) is 3.06. The third kappa shape index (κ3) is 5.04. The topological polar surface area (TPSA) is 93.4 Å². The van der Waals surface area contributed by atoms with Crippen LogP contribution in [0.2, 0.25) is 0 Å². The number of hydrogen-bond donors (Lipinski definition) is 1. The fourth-order valence-electron chi connectivity index (χ4n) is 5.10. The maximum Gasteiger partial charge on any atom is 0.295 e. The van der Waals surface area contributed by atoms with Gasteiger partial charge < -0.3 is 19.5 Å². The van der Waals surface area contributed by atoms with Crippen LogP contribution in [0.25, 0.3) is 11.4 Å². The number of aliphatic hydroxyl groups excluding tert-OH is 1. The standard InChI is InChI=1S/C32H33N3O5/c1-4-6-18-40-24-16-15-23(19-25(24)39-5-2)29-27(30(36)28-21(3)33-26-14-10-11-17-34(26)28)31(37)32(38)35(29)20-22-12-8-7-9-13-22/h7-17,19,29,36H,4-6,18,20H2,1-3H3. The molecule has 8 heteroatoms. The molecule has 4 aromatic rings. The van der Waals surface area contributed by atoms with E-state index in [2.05, 4.69) is 11.9 Å². The molecule has 1 saturated heterocycles. The van der Waals surface area contributed by atoms with Crippen LogP contribution in [-0.2, 0) is 16.1 Å². The lowest BCUT2D eigenvalue weighted by atomic mass is 9.95. The van der Waals surface area contributed by atoms with Gasteiger partial charge in [0.05, 0.1) is 30.5 Å². The zero-order valence-corrected chi connectivity index (χ0v) is 23.0. The van der Waals surface area contributed by atoms with Crippen LogP contribution in [0, 0.1) is 6.92 Å². The lowest BCUT2D eigenvalue weighted by molar-refractivity contribution is -0.140. The fraction of sp³-hybridized carbons (Fsp3) is 0.281. The van der Waals surface area contributed by atoms with Crippen LogP contribution in [0.15, 0.2) is 78.5 Å². The summed E-state index contributed by atoms with van der Waals surface area (Å²) in [5, 5.41) is 11.7. The third-order valence-corrected chi connectivity index (χ3v) is 7.00. The Bertz CT molecular complexity index is 1570. The van der Waals surface area contributed by atoms with E-state index in [1.54, 1.807) is 29.7 Å². The molecular formula is C32H33N3O5. The van der Waals surface area contributed by atoms with Gasteiger partial charge in [-0.25, -0.2) is 4.98 Å². The van der Waals surface area contributed by atoms with Crippen molar-refractivity contribution in [3.8, 4) is 11.5 Å². The number of fused-ring (bicyclic) bond motifs is 1. The monoisotopic (exact) mass is 539 g/mol. The number of Topliss-reactive ketones (excluding diaryl/α,β-unsaturated/α-hetero) is 1. The molecule has 1 atom stereocenters. The maximum atomic E-state index is 13.6. The first-order valence-corrected chi connectivity index (χ1v) is 13.6. The van der Waals surface area contributed by atoms with Crippen molar-refractivity contribution in [1.29, 1.82) is 0 Å². The van der Waals surface area contributed by atoms with Crippen molar-refractivity contribution in [2.75, 3.05) is 13.2 Å². The molecule has 5 rings (SSSR count). The number of aromatic nitrogens is 2. The number of ketones is 1. The van der Waals surface area contributed by atoms with Crippen molar-refractivity contribution in [2.45, 2.75) is 46.2 Å². The zero-order chi connectivity index (χ0) is 28.2. The highest BCUT2D eigenvalue weighted by Gasteiger charge is 2.46. The van der Waals surface area contributed by atoms with E-state index in [0.29, 0.717) is 47.3 Å². The number of likely N-dealkylation sites (tertiary alicyclic amines) is 1. The Labute approximate surface area is 233 Å². The Morgan fingerprint density at radius 3 is 2.50 bits per heavy atom. The first-order valence-electron chi connectivity index (χ1n) is 13.6. The van der Waals surface area contributed by atoms with Crippen molar-refractivity contribution in [3.63, 3.8) is 0 Å². The lowest BCUT2D eigenvalue weighted by Gasteiger charge is -2.26. The van der Waals surface area contributed by atoms with E-state index in [9.17, 15) is 14.7 Å². The fourth-order valence-corrected chi connectivity index (χ4v) is 5.10. The molecular weight excluding hydrogens is 506 g/mol. The normalized spacial score (nSPS) is 16.6. The molecule has 0 aliphatic carbocycles. The molecule has 2 aromatic heterocycles. The summed E-state index contributed by atoms with van der Waals surface area (Å²) in [6, 6.07) is 19.6. The summed E-state index contributed by atoms with van der Waals surface area (Å²) >= 11 is 0. The van der Waals surface area contributed by atoms with Crippen LogP contribution in [0.5, 0.6) is 11.5 Å². The minimum Gasteiger partial charge on any atom is -0.505 e. The second-order valence-corrected chi connectivity index (χ2v) is 9.73. The first-order chi connectivity index (χ1) is 19.4. The predicted octanol–water partition coefficient (Wildman–Crippen LogP) is 5.84. The van der Waals surface area contributed by atoms with Gasteiger partial charge in [0.1, 0.15) is 11.3 Å². The van der Waals surface area contributed by atoms with E-state index in [1.807, 2.05) is 61.5 Å². The van der Waals surface area contributed by atoms with E-state index in [0.717, 1.165) is 18.4 Å². The van der Waals surface area contributed by atoms with Gasteiger partial charge in [-0.1, -0.05) is 55.8 Å². The molecule has 0 saturated carbocycles. The van der Waals surface area contributed by atoms with Gasteiger partial charge in [0.15, 0.2) is 17.3 Å². The number of aryl methyl sites for hydroxylation is 1. The molecule has 8 nitrogen and oxygen atoms in total. The van der Waals surface area contributed by atoms with Gasteiger partial charge in [-0.2, -0.15) is 0 Å². The molecule has 1 unspecified atom stereocenters. The average Bonchev–Trinajstić information content (AvgIpc) is 3.42. The second kappa shape index (κ2) is 11.7. The molecule has 0 spiro atoms. The molecule has 1 aliphatic heterocycles. The van der Waals surface area contributed by atoms with E-state index in [4.69, 9.17) is 9.47 Å². The van der Waals surface area contributed by atoms with E-state index in [-0.39, 0.29) is 17.9 Å². The van der Waals surface area contributed by atoms with Crippen molar-refractivity contribution >= 4 is 23.1 Å². The molecule has 1 fully saturated rings. The number of aliphatic hydroxyl groups is 1. The molecule has 1 N–H and O–H groups in total. The van der Waals surface area contributed by atoms with Gasteiger partial charge in [0.2, 0.25) is 0 Å². The lowest BCUT2D eigenvalue weighted by Crippen LogP contribution is -2.29. The summed E-state index contributed by atoms with van der Waals surface area (Å²) < 4.78 is 13.6. The van der Waals surface area contributed by atoms with E-state index >= 15 is 0 Å². The highest BCUT2D eigenvalue weighted by molar-refractivity contribution is 6.46. The van der Waals surface area contributed by atoms with Crippen LogP contribution in [0.1, 0.15) is 55.2 Å². The van der Waals surface area contributed by atoms with Crippen LogP contribution >= 0.6 is 0 Å². The average molecular weight is 540 g/mol. The van der Waals surface area contributed by atoms with Crippen LogP contribution in [-0.4, -0.2) is 44.3 Å². The summed E-state index contributed by atoms with van der Waals surface area (Å²) in [7, 11) is 0. The molecule has 1 amide bonds. The number of carbonyl (C=O) groups excluding carboxylic acids is 2. The van der Waals surface area contributed by atoms with Gasteiger partial charge in [0.25, 0.3) is 11.7 Å². The number of hydrogen-bond acceptors (Lipinski definition) is 6. The van der Waals surface area contributed by atoms with Crippen molar-refractivity contribution in [1.82, 2.24) is 14.3 Å². The first kappa shape index (κ1) is 27.0. The summed E-state index contributed by atoms with van der Waals surface area (Å²) in [5.74, 6) is -0.575. The Kier molecular flexibility index (Phi) is 7.86. The van der Waals surface area contributed by atoms with Gasteiger partial charge >= 0.3 is 0 Å². The summed E-state index contributed by atoms with van der Waals surface area (Å²) in [6.07, 6.45) is 3.68. The number of benzene rings is 2. The highest BCUT2D eigenvalue weighted by Crippen LogP contribution is 2.43. The Morgan fingerprint density at radius 1 is 0.975 bits per heavy atom. The molecule has 3 heterocycles. The number of rotatable bonds is 10. The minimum absolute atomic E-state index is 0.0109. The molecule has 40 heavy (non-hydrogen) atoms. The number of amides is 1. The smallest absolute Gasteiger partial charge is 0.295 e. The third-order valence-electron chi connectivity index (χ3n) is 7.00. The number of pyridine rings is 1. The maximum absolute atomic E-state index is 13.6. The van der Waals surface area contributed by atoms with Gasteiger partial charge in [-0.3, -0.25) is 14.0 Å². The summed E-state index contributed by atoms with van der Waals surface area (Å²) in [4.78, 5) is 33.2. The zero-order valence-electron chi connectivity index (χ0n) is 23.0. The molecule has 206 valence electrons. The second-order valence-electron chi connectivity index (χ2n) is 9.73. The molecule has 1 aliphatic rings. The molecule has 0 radical (unpaired) electrons. The molecule has 2 aromatic carbocycles. The van der Waals surface area contributed by atoms with Crippen molar-refractivity contribution in [3.05, 3.63) is 101 Å². The SMILES string of the molecule is CCCCOc1ccc(C2C(=C(O)c3c(C)nc4ccccn34)C(=O)C(=O)N2Cc2ccccc2)cc1OCC. The summed E-state index contributed by atoms with van der Waals surface area (Å²) in [6.45, 7) is 6.91. The Morgan fingerprint density at radius 2 is 1.75 bits per heavy atom. The number of imidazole rings is 1. The Hall–Kier alpha value is -4.59. The van der Waals surface area contributed by atoms with E-state index in [1.165, 1.54) is 4.90 Å². The minimum atomic E-state index is -0.849. The van der Waals surface area contributed by atoms with Crippen LogP contribution in [0.3, 0.4) is 0 Å². The van der Waals surface area contributed by atoms with E-state index < -0.39 is 17.7 Å². The highest BCUT2D eigenvalue weighted by atomic mass is 16.5. The van der Waals surface area contributed by atoms with Gasteiger partial charge in [-0.15, -0.1) is 0 Å². The number of unbranched alkanes of at least 4 members (excludes halogenated alkanes) is 1.